The normalized spacial score (nSPS) is 14.0. The van der Waals surface area contributed by atoms with E-state index in [9.17, 15) is 55.4 Å². The van der Waals surface area contributed by atoms with Crippen LogP contribution in [0.15, 0.2) is 78.9 Å². The average molecular weight is 960 g/mol. The summed E-state index contributed by atoms with van der Waals surface area (Å²) in [5, 5.41) is 19.1. The van der Waals surface area contributed by atoms with Crippen molar-refractivity contribution in [1.29, 1.82) is 0 Å². The lowest BCUT2D eigenvalue weighted by atomic mass is 9.97. The number of nitrogens with zero attached hydrogens (tertiary/aromatic N) is 3. The van der Waals surface area contributed by atoms with Gasteiger partial charge < -0.3 is 34.3 Å². The molecule has 1 aliphatic rings. The summed E-state index contributed by atoms with van der Waals surface area (Å²) in [7, 11) is 2.60. The molecule has 0 saturated carbocycles. The molecule has 0 bridgehead atoms. The molecule has 0 aliphatic carbocycles. The van der Waals surface area contributed by atoms with Gasteiger partial charge in [-0.2, -0.15) is 31.4 Å². The number of alkyl halides is 6. The van der Waals surface area contributed by atoms with Crippen molar-refractivity contribution >= 4 is 41.5 Å². The summed E-state index contributed by atoms with van der Waals surface area (Å²) in [5.74, 6) is -2.59. The van der Waals surface area contributed by atoms with Crippen molar-refractivity contribution in [3.63, 3.8) is 0 Å². The van der Waals surface area contributed by atoms with E-state index in [-0.39, 0.29) is 90.8 Å². The zero-order valence-corrected chi connectivity index (χ0v) is 36.2. The first-order chi connectivity index (χ1) is 31.8. The quantitative estimate of drug-likeness (QED) is 0.0355. The van der Waals surface area contributed by atoms with Crippen molar-refractivity contribution in [1.82, 2.24) is 25.3 Å². The number of likely N-dealkylation sites (N-methyl/N-ethyl adjacent to an activating group) is 1. The number of hydrogen-bond acceptors (Lipinski definition) is 11. The Morgan fingerprint density at radius 2 is 1.69 bits per heavy atom. The molecule has 1 saturated heterocycles. The van der Waals surface area contributed by atoms with E-state index in [2.05, 4.69) is 15.7 Å². The number of nitrogens with one attached hydrogen (secondary N) is 2. The largest absolute Gasteiger partial charge is 0.506 e. The molecular formula is C45H40ClF6N5O10. The zero-order valence-electron chi connectivity index (χ0n) is 35.4. The van der Waals surface area contributed by atoms with Gasteiger partial charge in [0, 0.05) is 32.6 Å². The number of carbonyl (C=O) groups excluding carboxylic acids is 5. The number of aldehydes is 1. The van der Waals surface area contributed by atoms with Gasteiger partial charge in [-0.3, -0.25) is 34.0 Å². The van der Waals surface area contributed by atoms with E-state index in [1.165, 1.54) is 50.5 Å². The number of rotatable bonds is 18. The highest BCUT2D eigenvalue weighted by atomic mass is 35.5. The van der Waals surface area contributed by atoms with Gasteiger partial charge in [0.1, 0.15) is 42.3 Å². The van der Waals surface area contributed by atoms with Crippen LogP contribution in [0.1, 0.15) is 50.4 Å². The van der Waals surface area contributed by atoms with E-state index in [0.29, 0.717) is 29.7 Å². The van der Waals surface area contributed by atoms with Crippen LogP contribution in [0.3, 0.4) is 0 Å². The Hall–Kier alpha value is -7.13. The maximum Gasteiger partial charge on any atom is 0.435 e. The molecule has 2 heterocycles. The van der Waals surface area contributed by atoms with Gasteiger partial charge >= 0.3 is 12.4 Å². The number of benzene rings is 4. The topological polar surface area (TPSA) is 188 Å². The maximum atomic E-state index is 13.9. The van der Waals surface area contributed by atoms with Crippen LogP contribution >= 0.6 is 11.6 Å². The molecular weight excluding hydrogens is 920 g/mol. The van der Waals surface area contributed by atoms with Gasteiger partial charge in [0.15, 0.2) is 18.6 Å². The number of hydrogen-bond donors (Lipinski definition) is 3. The fraction of sp³-hybridized carbons (Fsp3) is 0.289. The minimum atomic E-state index is -4.87. The van der Waals surface area contributed by atoms with Gasteiger partial charge in [-0.15, -0.1) is 0 Å². The second-order valence-corrected chi connectivity index (χ2v) is 15.2. The van der Waals surface area contributed by atoms with Crippen molar-refractivity contribution in [2.45, 2.75) is 37.8 Å². The molecule has 0 radical (unpaired) electrons. The number of halogens is 7. The highest BCUT2D eigenvalue weighted by Gasteiger charge is 2.37. The third kappa shape index (κ3) is 12.0. The summed E-state index contributed by atoms with van der Waals surface area (Å²) in [4.78, 5) is 62.5. The summed E-state index contributed by atoms with van der Waals surface area (Å²) in [6, 6.07) is 16.0. The van der Waals surface area contributed by atoms with Gasteiger partial charge in [-0.1, -0.05) is 35.9 Å². The smallest absolute Gasteiger partial charge is 0.435 e. The molecule has 1 unspecified atom stereocenters. The molecule has 354 valence electrons. The molecule has 1 fully saturated rings. The second kappa shape index (κ2) is 21.0. The third-order valence-corrected chi connectivity index (χ3v) is 10.6. The van der Waals surface area contributed by atoms with Crippen LogP contribution < -0.4 is 24.8 Å². The van der Waals surface area contributed by atoms with Crippen LogP contribution in [0.4, 0.5) is 26.3 Å². The van der Waals surface area contributed by atoms with Crippen molar-refractivity contribution in [2.75, 3.05) is 40.0 Å². The van der Waals surface area contributed by atoms with Crippen molar-refractivity contribution in [3.8, 4) is 45.4 Å². The summed E-state index contributed by atoms with van der Waals surface area (Å²) in [5.41, 5.74) is -2.76. The van der Waals surface area contributed by atoms with Crippen LogP contribution in [0, 0.1) is 0 Å². The summed E-state index contributed by atoms with van der Waals surface area (Å²) in [6.45, 7) is -0.194. The van der Waals surface area contributed by atoms with E-state index in [0.717, 1.165) is 15.6 Å². The summed E-state index contributed by atoms with van der Waals surface area (Å²) < 4.78 is 105. The highest BCUT2D eigenvalue weighted by molar-refractivity contribution is 6.31. The van der Waals surface area contributed by atoms with E-state index < -0.39 is 70.7 Å². The number of phenolic OH excluding ortho intramolecular Hbond substituents is 1. The molecule has 1 aromatic heterocycles. The first-order valence-corrected chi connectivity index (χ1v) is 20.5. The molecule has 22 heteroatoms. The Morgan fingerprint density at radius 3 is 2.36 bits per heavy atom. The Morgan fingerprint density at radius 1 is 0.940 bits per heavy atom. The Labute approximate surface area is 382 Å². The molecule has 4 amide bonds. The van der Waals surface area contributed by atoms with Gasteiger partial charge in [-0.05, 0) is 72.1 Å². The second-order valence-electron chi connectivity index (χ2n) is 14.8. The van der Waals surface area contributed by atoms with Crippen molar-refractivity contribution in [2.24, 2.45) is 7.05 Å². The zero-order chi connectivity index (χ0) is 48.6. The monoisotopic (exact) mass is 959 g/mol. The average Bonchev–Trinajstić information content (AvgIpc) is 3.68. The van der Waals surface area contributed by atoms with E-state index in [1.54, 1.807) is 24.3 Å². The van der Waals surface area contributed by atoms with Crippen LogP contribution in [0.2, 0.25) is 5.02 Å². The molecule has 3 N–H and O–H groups in total. The standard InChI is InChI=1S/C45H40ClF6N5O10/c1-56(33-13-15-38(59)54-42(33)62)43(63)28-4-3-5-35(30(28)22-58)67-24-39(60)53-16-17-64-18-19-65-27-9-6-25(7-10-27)23-66-36-14-11-29(34-21-37(45(50,51)52)55-57(34)2)41(61)40(36)26-8-12-32(46)31(20-26)44(47,48)49/h3-12,14,20-22,33,61H,13,15-19,23-24H2,1-2H3,(H,53,60)(H,54,59,62). The highest BCUT2D eigenvalue weighted by Crippen LogP contribution is 2.47. The molecule has 5 aromatic rings. The summed E-state index contributed by atoms with van der Waals surface area (Å²) in [6.07, 6.45) is -9.09. The van der Waals surface area contributed by atoms with E-state index in [4.69, 9.17) is 30.5 Å². The number of amides is 4. The lowest BCUT2D eigenvalue weighted by Crippen LogP contribution is -2.53. The molecule has 6 rings (SSSR count). The number of aromatic nitrogens is 2. The number of imide groups is 1. The van der Waals surface area contributed by atoms with Crippen molar-refractivity contribution < 1.29 is 74.4 Å². The SMILES string of the molecule is CN(C(=O)c1cccc(OCC(=O)NCCOCCOc2ccc(COc3ccc(-c4cc(C(F)(F)F)nn4C)c(O)c3-c3ccc(Cl)c(C(F)(F)F)c3)cc2)c1C=O)C1CCC(=O)NC1=O. The first kappa shape index (κ1) is 49.3. The lowest BCUT2D eigenvalue weighted by molar-refractivity contribution is -0.141. The number of aryl methyl sites for hydroxylation is 1. The van der Waals surface area contributed by atoms with E-state index >= 15 is 0 Å². The number of phenols is 1. The first-order valence-electron chi connectivity index (χ1n) is 20.1. The number of aromatic hydroxyl groups is 1. The fourth-order valence-corrected chi connectivity index (χ4v) is 7.14. The number of piperidine rings is 1. The van der Waals surface area contributed by atoms with Crippen LogP contribution in [-0.4, -0.2) is 95.8 Å². The van der Waals surface area contributed by atoms with Gasteiger partial charge in [0.05, 0.1) is 46.2 Å². The Bertz CT molecular complexity index is 2660. The summed E-state index contributed by atoms with van der Waals surface area (Å²) >= 11 is 5.84. The third-order valence-electron chi connectivity index (χ3n) is 10.3. The van der Waals surface area contributed by atoms with Crippen LogP contribution in [-0.2, 0) is 45.1 Å². The predicted octanol–water partition coefficient (Wildman–Crippen LogP) is 7.01. The molecule has 15 nitrogen and oxygen atoms in total. The molecule has 0 spiro atoms. The van der Waals surface area contributed by atoms with Gasteiger partial charge in [-0.25, -0.2) is 0 Å². The molecule has 67 heavy (non-hydrogen) atoms. The number of ether oxygens (including phenoxy) is 4. The van der Waals surface area contributed by atoms with Crippen LogP contribution in [0.5, 0.6) is 23.0 Å². The predicted molar refractivity (Wildman–Crippen MR) is 226 cm³/mol. The molecule has 1 atom stereocenters. The molecule has 4 aromatic carbocycles. The van der Waals surface area contributed by atoms with Crippen LogP contribution in [0.25, 0.3) is 22.4 Å². The Balaban J connectivity index is 0.978. The Kier molecular flexibility index (Phi) is 15.5. The minimum Gasteiger partial charge on any atom is -0.506 e. The van der Waals surface area contributed by atoms with Gasteiger partial charge in [0.25, 0.3) is 11.8 Å². The fourth-order valence-electron chi connectivity index (χ4n) is 6.92. The van der Waals surface area contributed by atoms with Crippen molar-refractivity contribution in [3.05, 3.63) is 112 Å². The van der Waals surface area contributed by atoms with E-state index in [1.807, 2.05) is 0 Å². The minimum absolute atomic E-state index is 0.0286. The lowest BCUT2D eigenvalue weighted by Gasteiger charge is -2.30. The number of carbonyl (C=O) groups is 5. The van der Waals surface area contributed by atoms with Gasteiger partial charge in [0.2, 0.25) is 11.8 Å². The maximum absolute atomic E-state index is 13.9. The molecule has 1 aliphatic heterocycles.